The Labute approximate surface area is 190 Å². The Balaban J connectivity index is 1.42. The van der Waals surface area contributed by atoms with Gasteiger partial charge in [-0.2, -0.15) is 0 Å². The molecule has 0 saturated carbocycles. The minimum atomic E-state index is -0.629. The number of carbonyl (C=O) groups is 1. The fourth-order valence-electron chi connectivity index (χ4n) is 3.57. The van der Waals surface area contributed by atoms with Gasteiger partial charge in [-0.1, -0.05) is 30.3 Å². The second-order valence-corrected chi connectivity index (χ2v) is 8.86. The van der Waals surface area contributed by atoms with E-state index in [0.717, 1.165) is 17.1 Å². The molecule has 1 fully saturated rings. The molecule has 172 valence electrons. The van der Waals surface area contributed by atoms with Gasteiger partial charge in [-0.15, -0.1) is 0 Å². The van der Waals surface area contributed by atoms with Crippen molar-refractivity contribution in [2.75, 3.05) is 26.3 Å². The first kappa shape index (κ1) is 23.7. The Morgan fingerprint density at radius 2 is 1.59 bits per heavy atom. The summed E-state index contributed by atoms with van der Waals surface area (Å²) in [6.45, 7) is 7.29. The van der Waals surface area contributed by atoms with E-state index in [0.29, 0.717) is 26.2 Å². The minimum absolute atomic E-state index is 0.0160. The van der Waals surface area contributed by atoms with E-state index in [2.05, 4.69) is 0 Å². The van der Waals surface area contributed by atoms with Crippen LogP contribution in [0.2, 0.25) is 0 Å². The molecule has 0 radical (unpaired) electrons. The molecule has 3 rings (SSSR count). The van der Waals surface area contributed by atoms with Crippen LogP contribution in [0.25, 0.3) is 0 Å². The number of rotatable bonds is 7. The molecule has 32 heavy (non-hydrogen) atoms. The monoisotopic (exact) mass is 439 g/mol. The van der Waals surface area contributed by atoms with Crippen LogP contribution in [0.4, 0.5) is 4.79 Å². The van der Waals surface area contributed by atoms with E-state index in [1.54, 1.807) is 4.90 Å². The molecule has 2 unspecified atom stereocenters. The molecule has 0 aromatic heterocycles. The maximum atomic E-state index is 12.2. The van der Waals surface area contributed by atoms with E-state index in [9.17, 15) is 9.90 Å². The van der Waals surface area contributed by atoms with E-state index in [1.165, 1.54) is 0 Å². The van der Waals surface area contributed by atoms with Crippen molar-refractivity contribution in [1.29, 1.82) is 0 Å². The second-order valence-electron chi connectivity index (χ2n) is 8.86. The van der Waals surface area contributed by atoms with Crippen LogP contribution in [0, 0.1) is 0 Å². The van der Waals surface area contributed by atoms with Crippen molar-refractivity contribution in [2.45, 2.75) is 44.8 Å². The molecule has 1 aliphatic heterocycles. The first-order valence-electron chi connectivity index (χ1n) is 11.0. The second kappa shape index (κ2) is 11.0. The number of aliphatic hydroxyl groups excluding tert-OH is 1. The van der Waals surface area contributed by atoms with E-state index in [4.69, 9.17) is 14.2 Å². The molecule has 1 N–H and O–H groups in total. The topological polar surface area (TPSA) is 68.2 Å². The molecule has 0 spiro atoms. The van der Waals surface area contributed by atoms with E-state index >= 15 is 0 Å². The maximum absolute atomic E-state index is 12.2. The molecule has 1 saturated heterocycles. The lowest BCUT2D eigenvalue weighted by Crippen LogP contribution is -2.47. The third-order valence-electron chi connectivity index (χ3n) is 5.14. The summed E-state index contributed by atoms with van der Waals surface area (Å²) in [5, 5.41) is 10.6. The number of ether oxygens (including phenoxy) is 3. The maximum Gasteiger partial charge on any atom is 0.410 e. The smallest absolute Gasteiger partial charge is 0.410 e. The van der Waals surface area contributed by atoms with Crippen molar-refractivity contribution in [3.8, 4) is 11.5 Å². The van der Waals surface area contributed by atoms with Crippen LogP contribution in [0.5, 0.6) is 11.5 Å². The average molecular weight is 440 g/mol. The normalized spacial score (nSPS) is 19.1. The van der Waals surface area contributed by atoms with Crippen LogP contribution in [0.15, 0.2) is 66.7 Å². The molecular weight excluding hydrogens is 406 g/mol. The lowest BCUT2D eigenvalue weighted by molar-refractivity contribution is -0.00152. The number of nitrogens with zero attached hydrogens (tertiary/aromatic N) is 1. The number of piperidine rings is 1. The number of para-hydroxylation sites is 1. The van der Waals surface area contributed by atoms with Gasteiger partial charge in [0, 0.05) is 12.5 Å². The van der Waals surface area contributed by atoms with Crippen LogP contribution in [0.1, 0.15) is 38.7 Å². The summed E-state index contributed by atoms with van der Waals surface area (Å²) >= 11 is 0. The predicted molar refractivity (Wildman–Crippen MR) is 124 cm³/mol. The molecule has 1 heterocycles. The third-order valence-corrected chi connectivity index (χ3v) is 5.14. The summed E-state index contributed by atoms with van der Waals surface area (Å²) in [6.07, 6.45) is 3.53. The van der Waals surface area contributed by atoms with Gasteiger partial charge in [0.05, 0.1) is 12.6 Å². The van der Waals surface area contributed by atoms with E-state index in [1.807, 2.05) is 87.5 Å². The highest BCUT2D eigenvalue weighted by Gasteiger charge is 2.33. The number of carbonyl (C=O) groups excluding carboxylic acids is 1. The fourth-order valence-corrected chi connectivity index (χ4v) is 3.57. The molecular formula is C26H33NO5. The summed E-state index contributed by atoms with van der Waals surface area (Å²) < 4.78 is 16.8. The third kappa shape index (κ3) is 7.31. The van der Waals surface area contributed by atoms with E-state index in [-0.39, 0.29) is 18.6 Å². The number of hydrogen-bond acceptors (Lipinski definition) is 5. The Morgan fingerprint density at radius 3 is 2.16 bits per heavy atom. The largest absolute Gasteiger partial charge is 0.490 e. The van der Waals surface area contributed by atoms with Crippen LogP contribution in [0.3, 0.4) is 0 Å². The Bertz CT molecular complexity index is 873. The first-order chi connectivity index (χ1) is 15.3. The zero-order valence-electron chi connectivity index (χ0n) is 19.1. The number of amides is 1. The van der Waals surface area contributed by atoms with Gasteiger partial charge in [0.15, 0.2) is 0 Å². The molecule has 2 aromatic rings. The first-order valence-corrected chi connectivity index (χ1v) is 11.0. The van der Waals surface area contributed by atoms with Gasteiger partial charge in [-0.05, 0) is 69.2 Å². The van der Waals surface area contributed by atoms with Gasteiger partial charge in [-0.3, -0.25) is 0 Å². The zero-order chi connectivity index (χ0) is 23.0. The van der Waals surface area contributed by atoms with Crippen molar-refractivity contribution in [3.05, 3.63) is 72.3 Å². The van der Waals surface area contributed by atoms with Crippen molar-refractivity contribution < 1.29 is 24.1 Å². The van der Waals surface area contributed by atoms with Crippen LogP contribution in [-0.4, -0.2) is 54.1 Å². The average Bonchev–Trinajstić information content (AvgIpc) is 2.76. The van der Waals surface area contributed by atoms with Crippen molar-refractivity contribution in [3.63, 3.8) is 0 Å². The summed E-state index contributed by atoms with van der Waals surface area (Å²) in [5.41, 5.74) is 0.499. The molecule has 6 heteroatoms. The van der Waals surface area contributed by atoms with Gasteiger partial charge in [0.25, 0.3) is 0 Å². The quantitative estimate of drug-likeness (QED) is 0.629. The van der Waals surface area contributed by atoms with Gasteiger partial charge in [0.1, 0.15) is 30.3 Å². The molecule has 1 amide bonds. The Morgan fingerprint density at radius 1 is 1.00 bits per heavy atom. The number of aliphatic hydroxyl groups is 1. The summed E-state index contributed by atoms with van der Waals surface area (Å²) in [6, 6.07) is 17.5. The summed E-state index contributed by atoms with van der Waals surface area (Å²) in [4.78, 5) is 13.8. The lowest BCUT2D eigenvalue weighted by atomic mass is 9.87. The molecule has 6 nitrogen and oxygen atoms in total. The Hall–Kier alpha value is -2.99. The van der Waals surface area contributed by atoms with Crippen molar-refractivity contribution in [1.82, 2.24) is 4.90 Å². The number of hydrogen-bond donors (Lipinski definition) is 1. The molecule has 0 aliphatic carbocycles. The van der Waals surface area contributed by atoms with Gasteiger partial charge in [0.2, 0.25) is 0 Å². The number of likely N-dealkylation sites (tertiary alicyclic amines) is 1. The minimum Gasteiger partial charge on any atom is -0.490 e. The number of benzene rings is 2. The molecule has 0 bridgehead atoms. The van der Waals surface area contributed by atoms with Crippen LogP contribution < -0.4 is 9.47 Å². The Kier molecular flexibility index (Phi) is 8.17. The SMILES string of the molecule is CC(C)(C)OC(=O)N1CCC(c2ccc(OC/C=C\COc3ccccc3)cc2)C(O)C1. The fraction of sp³-hybridized carbons (Fsp3) is 0.423. The van der Waals surface area contributed by atoms with Crippen LogP contribution in [-0.2, 0) is 4.74 Å². The molecule has 2 aromatic carbocycles. The standard InChI is InChI=1S/C26H33NO5/c1-26(2,3)32-25(29)27-16-15-23(24(28)19-27)20-11-13-22(14-12-20)31-18-8-7-17-30-21-9-5-4-6-10-21/h4-14,23-24,28H,15-19H2,1-3H3/b8-7-. The van der Waals surface area contributed by atoms with Gasteiger partial charge < -0.3 is 24.2 Å². The number of β-amino-alcohol motifs (C(OH)–C–C–N with tert-alkyl or cyclic N) is 1. The summed E-state index contributed by atoms with van der Waals surface area (Å²) in [5.74, 6) is 1.59. The molecule has 1 aliphatic rings. The van der Waals surface area contributed by atoms with Gasteiger partial charge in [-0.25, -0.2) is 4.79 Å². The van der Waals surface area contributed by atoms with Gasteiger partial charge >= 0.3 is 6.09 Å². The predicted octanol–water partition coefficient (Wildman–Crippen LogP) is 4.79. The summed E-state index contributed by atoms with van der Waals surface area (Å²) in [7, 11) is 0. The van der Waals surface area contributed by atoms with E-state index < -0.39 is 11.7 Å². The highest BCUT2D eigenvalue weighted by molar-refractivity contribution is 5.68. The highest BCUT2D eigenvalue weighted by Crippen LogP contribution is 2.30. The zero-order valence-corrected chi connectivity index (χ0v) is 19.1. The lowest BCUT2D eigenvalue weighted by Gasteiger charge is -2.36. The highest BCUT2D eigenvalue weighted by atomic mass is 16.6. The van der Waals surface area contributed by atoms with Crippen LogP contribution >= 0.6 is 0 Å². The molecule has 2 atom stereocenters. The van der Waals surface area contributed by atoms with Crippen molar-refractivity contribution >= 4 is 6.09 Å². The van der Waals surface area contributed by atoms with Crippen molar-refractivity contribution in [2.24, 2.45) is 0 Å².